The molecule has 4 nitrogen and oxygen atoms in total. The molecule has 0 radical (unpaired) electrons. The van der Waals surface area contributed by atoms with E-state index >= 15 is 0 Å². The fraction of sp³-hybridized carbons (Fsp3) is 0.500. The normalized spacial score (nSPS) is 18.7. The number of rotatable bonds is 4. The smallest absolute Gasteiger partial charge is 0.227 e. The number of carbonyl (C=O) groups is 1. The van der Waals surface area contributed by atoms with Crippen molar-refractivity contribution in [2.24, 2.45) is 11.7 Å². The molecule has 1 aromatic carbocycles. The Kier molecular flexibility index (Phi) is 4.66. The van der Waals surface area contributed by atoms with Crippen molar-refractivity contribution < 1.29 is 9.53 Å². The van der Waals surface area contributed by atoms with E-state index < -0.39 is 0 Å². The summed E-state index contributed by atoms with van der Waals surface area (Å²) in [5.74, 6) is 1.24. The van der Waals surface area contributed by atoms with E-state index in [1.165, 1.54) is 0 Å². The lowest BCUT2D eigenvalue weighted by atomic mass is 10.1. The fourth-order valence-electron chi connectivity index (χ4n) is 2.41. The van der Waals surface area contributed by atoms with Gasteiger partial charge in [-0.05, 0) is 37.1 Å². The number of amides is 1. The minimum atomic E-state index is 0.108. The standard InChI is InChI=1S/C14H19ClN2O2/c1-19-13-3-2-12(15)6-11(13)7-14(18)17-5-4-10(8-16)9-17/h2-3,6,10H,4-5,7-9,16H2,1H3. The Morgan fingerprint density at radius 2 is 2.37 bits per heavy atom. The first-order valence-corrected chi connectivity index (χ1v) is 6.82. The van der Waals surface area contributed by atoms with E-state index in [0.717, 1.165) is 25.1 Å². The van der Waals surface area contributed by atoms with E-state index in [9.17, 15) is 4.79 Å². The lowest BCUT2D eigenvalue weighted by Crippen LogP contribution is -2.31. The van der Waals surface area contributed by atoms with Crippen molar-refractivity contribution in [3.63, 3.8) is 0 Å². The topological polar surface area (TPSA) is 55.6 Å². The summed E-state index contributed by atoms with van der Waals surface area (Å²) in [6.07, 6.45) is 1.32. The zero-order valence-corrected chi connectivity index (χ0v) is 11.8. The molecule has 1 aliphatic heterocycles. The Labute approximate surface area is 118 Å². The first-order valence-electron chi connectivity index (χ1n) is 6.44. The molecule has 1 unspecified atom stereocenters. The number of nitrogens with zero attached hydrogens (tertiary/aromatic N) is 1. The highest BCUT2D eigenvalue weighted by Crippen LogP contribution is 2.24. The van der Waals surface area contributed by atoms with Gasteiger partial charge in [0.15, 0.2) is 0 Å². The number of hydrogen-bond acceptors (Lipinski definition) is 3. The molecule has 1 fully saturated rings. The molecule has 0 aliphatic carbocycles. The molecule has 1 heterocycles. The molecule has 1 saturated heterocycles. The molecule has 0 saturated carbocycles. The predicted octanol–water partition coefficient (Wildman–Crippen LogP) is 1.70. The lowest BCUT2D eigenvalue weighted by molar-refractivity contribution is -0.129. The number of methoxy groups -OCH3 is 1. The number of likely N-dealkylation sites (tertiary alicyclic amines) is 1. The minimum absolute atomic E-state index is 0.108. The number of nitrogens with two attached hydrogens (primary N) is 1. The van der Waals surface area contributed by atoms with Gasteiger partial charge in [0.1, 0.15) is 5.75 Å². The third-order valence-electron chi connectivity index (χ3n) is 3.56. The Morgan fingerprint density at radius 1 is 1.58 bits per heavy atom. The highest BCUT2D eigenvalue weighted by Gasteiger charge is 2.25. The molecule has 5 heteroatoms. The van der Waals surface area contributed by atoms with E-state index in [1.54, 1.807) is 25.3 Å². The number of carbonyl (C=O) groups excluding carboxylic acids is 1. The number of benzene rings is 1. The van der Waals surface area contributed by atoms with E-state index in [0.29, 0.717) is 29.7 Å². The van der Waals surface area contributed by atoms with Crippen LogP contribution in [0.4, 0.5) is 0 Å². The molecule has 2 rings (SSSR count). The molecule has 1 aliphatic rings. The molecule has 1 aromatic rings. The van der Waals surface area contributed by atoms with Crippen LogP contribution in [0, 0.1) is 5.92 Å². The Balaban J connectivity index is 2.05. The van der Waals surface area contributed by atoms with Crippen LogP contribution in [-0.2, 0) is 11.2 Å². The zero-order valence-electron chi connectivity index (χ0n) is 11.1. The SMILES string of the molecule is COc1ccc(Cl)cc1CC(=O)N1CCC(CN)C1. The van der Waals surface area contributed by atoms with Crippen LogP contribution in [0.15, 0.2) is 18.2 Å². The summed E-state index contributed by atoms with van der Waals surface area (Å²) in [5, 5.41) is 0.616. The van der Waals surface area contributed by atoms with Crippen LogP contribution >= 0.6 is 11.6 Å². The Morgan fingerprint density at radius 3 is 3.00 bits per heavy atom. The van der Waals surface area contributed by atoms with E-state index in [2.05, 4.69) is 0 Å². The van der Waals surface area contributed by atoms with Gasteiger partial charge in [-0.15, -0.1) is 0 Å². The van der Waals surface area contributed by atoms with Crippen molar-refractivity contribution in [1.29, 1.82) is 0 Å². The molecule has 19 heavy (non-hydrogen) atoms. The van der Waals surface area contributed by atoms with Gasteiger partial charge >= 0.3 is 0 Å². The van der Waals surface area contributed by atoms with Crippen LogP contribution in [0.1, 0.15) is 12.0 Å². The van der Waals surface area contributed by atoms with Crippen molar-refractivity contribution in [3.05, 3.63) is 28.8 Å². The van der Waals surface area contributed by atoms with Gasteiger partial charge in [-0.1, -0.05) is 11.6 Å². The number of hydrogen-bond donors (Lipinski definition) is 1. The molecular formula is C14H19ClN2O2. The monoisotopic (exact) mass is 282 g/mol. The highest BCUT2D eigenvalue weighted by atomic mass is 35.5. The molecule has 0 bridgehead atoms. The van der Waals surface area contributed by atoms with Crippen LogP contribution in [0.3, 0.4) is 0 Å². The van der Waals surface area contributed by atoms with Crippen LogP contribution < -0.4 is 10.5 Å². The molecular weight excluding hydrogens is 264 g/mol. The van der Waals surface area contributed by atoms with Crippen molar-refractivity contribution in [3.8, 4) is 5.75 Å². The Hall–Kier alpha value is -1.26. The summed E-state index contributed by atoms with van der Waals surface area (Å²) in [6, 6.07) is 5.33. The molecule has 2 N–H and O–H groups in total. The summed E-state index contributed by atoms with van der Waals surface area (Å²) in [4.78, 5) is 14.1. The van der Waals surface area contributed by atoms with Gasteiger partial charge in [0.25, 0.3) is 0 Å². The molecule has 0 aromatic heterocycles. The van der Waals surface area contributed by atoms with Crippen molar-refractivity contribution in [2.45, 2.75) is 12.8 Å². The summed E-state index contributed by atoms with van der Waals surface area (Å²) < 4.78 is 5.26. The minimum Gasteiger partial charge on any atom is -0.496 e. The molecule has 104 valence electrons. The van der Waals surface area contributed by atoms with Crippen molar-refractivity contribution >= 4 is 17.5 Å². The summed E-state index contributed by atoms with van der Waals surface area (Å²) >= 11 is 5.97. The summed E-state index contributed by atoms with van der Waals surface area (Å²) in [7, 11) is 1.59. The maximum atomic E-state index is 12.2. The second-order valence-corrected chi connectivity index (χ2v) is 5.30. The van der Waals surface area contributed by atoms with Gasteiger partial charge in [0.05, 0.1) is 13.5 Å². The predicted molar refractivity (Wildman–Crippen MR) is 75.4 cm³/mol. The highest BCUT2D eigenvalue weighted by molar-refractivity contribution is 6.30. The molecule has 1 amide bonds. The van der Waals surface area contributed by atoms with E-state index in [-0.39, 0.29) is 5.91 Å². The fourth-order valence-corrected chi connectivity index (χ4v) is 2.61. The van der Waals surface area contributed by atoms with Crippen LogP contribution in [0.2, 0.25) is 5.02 Å². The van der Waals surface area contributed by atoms with Crippen molar-refractivity contribution in [2.75, 3.05) is 26.7 Å². The zero-order chi connectivity index (χ0) is 13.8. The van der Waals surface area contributed by atoms with Gasteiger partial charge in [-0.25, -0.2) is 0 Å². The Bertz CT molecular complexity index is 465. The quantitative estimate of drug-likeness (QED) is 0.914. The van der Waals surface area contributed by atoms with Gasteiger partial charge in [-0.2, -0.15) is 0 Å². The first-order chi connectivity index (χ1) is 9.13. The second kappa shape index (κ2) is 6.26. The first kappa shape index (κ1) is 14.2. The van der Waals surface area contributed by atoms with Gasteiger partial charge in [0.2, 0.25) is 5.91 Å². The van der Waals surface area contributed by atoms with Crippen LogP contribution in [-0.4, -0.2) is 37.6 Å². The number of ether oxygens (including phenoxy) is 1. The van der Waals surface area contributed by atoms with E-state index in [1.807, 2.05) is 4.90 Å². The van der Waals surface area contributed by atoms with Crippen molar-refractivity contribution in [1.82, 2.24) is 4.90 Å². The van der Waals surface area contributed by atoms with Gasteiger partial charge < -0.3 is 15.4 Å². The van der Waals surface area contributed by atoms with Gasteiger partial charge in [0, 0.05) is 23.7 Å². The average molecular weight is 283 g/mol. The van der Waals surface area contributed by atoms with Crippen LogP contribution in [0.5, 0.6) is 5.75 Å². The maximum absolute atomic E-state index is 12.2. The maximum Gasteiger partial charge on any atom is 0.227 e. The third-order valence-corrected chi connectivity index (χ3v) is 3.79. The van der Waals surface area contributed by atoms with Gasteiger partial charge in [-0.3, -0.25) is 4.79 Å². The second-order valence-electron chi connectivity index (χ2n) is 4.86. The summed E-state index contributed by atoms with van der Waals surface area (Å²) in [6.45, 7) is 2.20. The third kappa shape index (κ3) is 3.39. The largest absolute Gasteiger partial charge is 0.496 e. The molecule has 0 spiro atoms. The number of halogens is 1. The molecule has 1 atom stereocenters. The summed E-state index contributed by atoms with van der Waals surface area (Å²) in [5.41, 5.74) is 6.47. The lowest BCUT2D eigenvalue weighted by Gasteiger charge is -2.17. The van der Waals surface area contributed by atoms with E-state index in [4.69, 9.17) is 22.1 Å². The van der Waals surface area contributed by atoms with Crippen LogP contribution in [0.25, 0.3) is 0 Å². The average Bonchev–Trinajstić information content (AvgIpc) is 2.88.